The van der Waals surface area contributed by atoms with Gasteiger partial charge >= 0.3 is 0 Å². The second-order valence-corrected chi connectivity index (χ2v) is 2.61. The van der Waals surface area contributed by atoms with E-state index in [1.54, 1.807) is 0 Å². The Bertz CT molecular complexity index is 197. The predicted octanol–water partition coefficient (Wildman–Crippen LogP) is -1.38. The molecule has 2 amide bonds. The van der Waals surface area contributed by atoms with Crippen LogP contribution >= 0.6 is 0 Å². The van der Waals surface area contributed by atoms with Crippen molar-refractivity contribution in [3.8, 4) is 0 Å². The summed E-state index contributed by atoms with van der Waals surface area (Å²) < 4.78 is 0. The van der Waals surface area contributed by atoms with Crippen molar-refractivity contribution in [3.05, 3.63) is 0 Å². The van der Waals surface area contributed by atoms with Crippen LogP contribution in [0, 0.1) is 0 Å². The van der Waals surface area contributed by atoms with Gasteiger partial charge in [0.15, 0.2) is 0 Å². The van der Waals surface area contributed by atoms with Gasteiger partial charge in [-0.1, -0.05) is 5.23 Å². The first-order valence-electron chi connectivity index (χ1n) is 4.11. The molecule has 0 heterocycles. The molecule has 14 heavy (non-hydrogen) atoms. The summed E-state index contributed by atoms with van der Waals surface area (Å²) in [6, 6.07) is 0. The van der Waals surface area contributed by atoms with Crippen LogP contribution in [-0.4, -0.2) is 42.4 Å². The molecule has 0 bridgehead atoms. The van der Waals surface area contributed by atoms with Crippen LogP contribution in [0.2, 0.25) is 0 Å². The monoisotopic (exact) mass is 205 g/mol. The van der Waals surface area contributed by atoms with E-state index in [1.807, 2.05) is 0 Å². The van der Waals surface area contributed by atoms with Crippen LogP contribution in [-0.2, 0) is 14.4 Å². The summed E-state index contributed by atoms with van der Waals surface area (Å²) >= 11 is 0. The van der Waals surface area contributed by atoms with E-state index in [0.717, 1.165) is 0 Å². The van der Waals surface area contributed by atoms with Gasteiger partial charge in [-0.05, 0) is 6.42 Å². The van der Waals surface area contributed by atoms with Crippen molar-refractivity contribution in [2.45, 2.75) is 12.8 Å². The van der Waals surface area contributed by atoms with Crippen molar-refractivity contribution in [1.29, 1.82) is 0 Å². The molecule has 0 saturated heterocycles. The summed E-state index contributed by atoms with van der Waals surface area (Å²) in [4.78, 5) is 25.6. The quantitative estimate of drug-likeness (QED) is 0.351. The molecular weight excluding hydrogens is 190 g/mol. The van der Waals surface area contributed by atoms with Gasteiger partial charge in [0.05, 0.1) is 7.11 Å². The lowest BCUT2D eigenvalue weighted by Gasteiger charge is -2.10. The van der Waals surface area contributed by atoms with Gasteiger partial charge in [0.1, 0.15) is 6.54 Å². The molecule has 82 valence electrons. The SMILES string of the molecule is CON(O)CC(=O)NCCCC(N)=O. The maximum Gasteiger partial charge on any atom is 0.239 e. The van der Waals surface area contributed by atoms with Gasteiger partial charge in [-0.15, -0.1) is 0 Å². The minimum Gasteiger partial charge on any atom is -0.370 e. The van der Waals surface area contributed by atoms with E-state index in [4.69, 9.17) is 10.9 Å². The molecule has 0 atom stereocenters. The number of carbonyl (C=O) groups is 2. The summed E-state index contributed by atoms with van der Waals surface area (Å²) in [5.74, 6) is -0.793. The van der Waals surface area contributed by atoms with Crippen LogP contribution in [0.5, 0.6) is 0 Å². The number of nitrogens with zero attached hydrogens (tertiary/aromatic N) is 1. The molecule has 0 aromatic carbocycles. The second-order valence-electron chi connectivity index (χ2n) is 2.61. The third-order valence-corrected chi connectivity index (χ3v) is 1.41. The number of hydrogen-bond donors (Lipinski definition) is 3. The number of amides is 2. The van der Waals surface area contributed by atoms with Crippen molar-refractivity contribution in [2.75, 3.05) is 20.2 Å². The Kier molecular flexibility index (Phi) is 6.63. The maximum absolute atomic E-state index is 10.9. The Morgan fingerprint density at radius 2 is 2.21 bits per heavy atom. The van der Waals surface area contributed by atoms with Gasteiger partial charge < -0.3 is 11.1 Å². The number of nitrogens with two attached hydrogens (primary N) is 1. The molecule has 0 aliphatic heterocycles. The van der Waals surface area contributed by atoms with Crippen LogP contribution in [0.25, 0.3) is 0 Å². The number of primary amides is 1. The van der Waals surface area contributed by atoms with Crippen LogP contribution in [0.15, 0.2) is 0 Å². The van der Waals surface area contributed by atoms with Crippen molar-refractivity contribution in [1.82, 2.24) is 10.5 Å². The lowest BCUT2D eigenvalue weighted by Crippen LogP contribution is -2.35. The Labute approximate surface area is 81.7 Å². The minimum atomic E-state index is -0.403. The number of rotatable bonds is 7. The molecule has 0 rings (SSSR count). The third-order valence-electron chi connectivity index (χ3n) is 1.41. The van der Waals surface area contributed by atoms with Crippen molar-refractivity contribution < 1.29 is 19.6 Å². The lowest BCUT2D eigenvalue weighted by atomic mass is 10.3. The van der Waals surface area contributed by atoms with E-state index in [1.165, 1.54) is 7.11 Å². The smallest absolute Gasteiger partial charge is 0.239 e. The molecule has 7 heteroatoms. The van der Waals surface area contributed by atoms with E-state index in [0.29, 0.717) is 18.2 Å². The van der Waals surface area contributed by atoms with Crippen LogP contribution in [0.4, 0.5) is 0 Å². The standard InChI is InChI=1S/C7H15N3O4/c1-14-10(13)5-7(12)9-4-2-3-6(8)11/h13H,2-5H2,1H3,(H2,8,11)(H,9,12). The average molecular weight is 205 g/mol. The molecule has 0 aromatic rings. The summed E-state index contributed by atoms with van der Waals surface area (Å²) in [6.07, 6.45) is 0.715. The van der Waals surface area contributed by atoms with Gasteiger partial charge in [-0.2, -0.15) is 0 Å². The summed E-state index contributed by atoms with van der Waals surface area (Å²) in [5, 5.41) is 11.6. The van der Waals surface area contributed by atoms with Gasteiger partial charge in [0, 0.05) is 13.0 Å². The molecule has 0 fully saturated rings. The summed E-state index contributed by atoms with van der Waals surface area (Å²) in [7, 11) is 1.24. The number of hydrogen-bond acceptors (Lipinski definition) is 5. The normalized spacial score (nSPS) is 10.2. The molecular formula is C7H15N3O4. The van der Waals surface area contributed by atoms with E-state index >= 15 is 0 Å². The highest BCUT2D eigenvalue weighted by Gasteiger charge is 2.06. The van der Waals surface area contributed by atoms with Crippen LogP contribution in [0.3, 0.4) is 0 Å². The largest absolute Gasteiger partial charge is 0.370 e. The fourth-order valence-corrected chi connectivity index (χ4v) is 0.734. The molecule has 0 aliphatic rings. The van der Waals surface area contributed by atoms with Crippen molar-refractivity contribution >= 4 is 11.8 Å². The zero-order valence-corrected chi connectivity index (χ0v) is 8.02. The lowest BCUT2D eigenvalue weighted by molar-refractivity contribution is -0.320. The van der Waals surface area contributed by atoms with Crippen LogP contribution in [0.1, 0.15) is 12.8 Å². The molecule has 0 saturated carbocycles. The summed E-state index contributed by atoms with van der Waals surface area (Å²) in [5.41, 5.74) is 4.89. The molecule has 0 radical (unpaired) electrons. The number of hydroxylamine groups is 2. The maximum atomic E-state index is 10.9. The molecule has 4 N–H and O–H groups in total. The zero-order chi connectivity index (χ0) is 11.0. The average Bonchev–Trinajstić information content (AvgIpc) is 2.12. The molecule has 7 nitrogen and oxygen atoms in total. The fourth-order valence-electron chi connectivity index (χ4n) is 0.734. The van der Waals surface area contributed by atoms with E-state index in [2.05, 4.69) is 10.2 Å². The predicted molar refractivity (Wildman–Crippen MR) is 46.9 cm³/mol. The highest BCUT2D eigenvalue weighted by Crippen LogP contribution is 1.85. The highest BCUT2D eigenvalue weighted by molar-refractivity contribution is 5.77. The number of nitrogens with one attached hydrogen (secondary N) is 1. The van der Waals surface area contributed by atoms with Gasteiger partial charge in [-0.3, -0.25) is 19.6 Å². The van der Waals surface area contributed by atoms with Crippen molar-refractivity contribution in [2.24, 2.45) is 5.73 Å². The van der Waals surface area contributed by atoms with E-state index < -0.39 is 5.91 Å². The Hall–Kier alpha value is -1.18. The molecule has 0 aliphatic carbocycles. The Morgan fingerprint density at radius 3 is 2.71 bits per heavy atom. The topological polar surface area (TPSA) is 105 Å². The first kappa shape index (κ1) is 12.8. The van der Waals surface area contributed by atoms with Gasteiger partial charge in [0.25, 0.3) is 0 Å². The molecule has 0 aromatic heterocycles. The zero-order valence-electron chi connectivity index (χ0n) is 8.02. The molecule has 0 spiro atoms. The van der Waals surface area contributed by atoms with Crippen molar-refractivity contribution in [3.63, 3.8) is 0 Å². The first-order chi connectivity index (χ1) is 6.56. The fraction of sp³-hybridized carbons (Fsp3) is 0.714. The summed E-state index contributed by atoms with van der Waals surface area (Å²) in [6.45, 7) is 0.0758. The van der Waals surface area contributed by atoms with E-state index in [-0.39, 0.29) is 18.9 Å². The third kappa shape index (κ3) is 7.47. The Morgan fingerprint density at radius 1 is 1.57 bits per heavy atom. The Balaban J connectivity index is 3.40. The first-order valence-corrected chi connectivity index (χ1v) is 4.11. The van der Waals surface area contributed by atoms with Gasteiger partial charge in [-0.25, -0.2) is 0 Å². The minimum absolute atomic E-state index is 0.230. The van der Waals surface area contributed by atoms with E-state index in [9.17, 15) is 9.59 Å². The number of carbonyl (C=O) groups excluding carboxylic acids is 2. The van der Waals surface area contributed by atoms with Gasteiger partial charge in [0.2, 0.25) is 11.8 Å². The highest BCUT2D eigenvalue weighted by atomic mass is 16.9. The van der Waals surface area contributed by atoms with Crippen LogP contribution < -0.4 is 11.1 Å². The molecule has 0 unspecified atom stereocenters. The second kappa shape index (κ2) is 7.25.